The molecule has 1 amide bonds. The van der Waals surface area contributed by atoms with Crippen LogP contribution >= 0.6 is 0 Å². The van der Waals surface area contributed by atoms with Crippen molar-refractivity contribution in [3.63, 3.8) is 0 Å². The lowest BCUT2D eigenvalue weighted by Gasteiger charge is -2.26. The Morgan fingerprint density at radius 2 is 1.67 bits per heavy atom. The largest absolute Gasteiger partial charge is 0.507 e. The normalized spacial score (nSPS) is 17.5. The number of aliphatic hydroxyl groups excluding tert-OH is 1. The van der Waals surface area contributed by atoms with E-state index in [2.05, 4.69) is 4.98 Å². The molecule has 176 valence electrons. The van der Waals surface area contributed by atoms with E-state index in [-0.39, 0.29) is 30.6 Å². The second-order valence-corrected chi connectivity index (χ2v) is 7.61. The quantitative estimate of drug-likeness (QED) is 0.349. The Morgan fingerprint density at radius 3 is 2.18 bits per heavy atom. The third-order valence-electron chi connectivity index (χ3n) is 5.28. The average molecular weight is 456 g/mol. The maximum absolute atomic E-state index is 13.1. The topological polar surface area (TPSA) is 107 Å². The number of ketones is 1. The highest BCUT2D eigenvalue weighted by Crippen LogP contribution is 2.45. The van der Waals surface area contributed by atoms with Gasteiger partial charge in [0, 0.05) is 24.5 Å². The van der Waals surface area contributed by atoms with Gasteiger partial charge in [-0.3, -0.25) is 14.6 Å². The highest BCUT2D eigenvalue weighted by atomic mass is 16.5. The molecule has 0 radical (unpaired) electrons. The number of ether oxygens (including phenoxy) is 4. The van der Waals surface area contributed by atoms with Gasteiger partial charge in [0.15, 0.2) is 11.5 Å². The predicted molar refractivity (Wildman–Crippen MR) is 120 cm³/mol. The first-order valence-electron chi connectivity index (χ1n) is 10.4. The maximum Gasteiger partial charge on any atom is 0.295 e. The summed E-state index contributed by atoms with van der Waals surface area (Å²) in [5.41, 5.74) is 0.854. The monoisotopic (exact) mass is 456 g/mol. The molecule has 1 aromatic heterocycles. The molecule has 1 aliphatic rings. The minimum absolute atomic E-state index is 0.0370. The van der Waals surface area contributed by atoms with Crippen LogP contribution in [0.2, 0.25) is 0 Å². The number of nitrogens with zero attached hydrogens (tertiary/aromatic N) is 2. The Hall–Kier alpha value is -3.59. The molecule has 1 fully saturated rings. The van der Waals surface area contributed by atoms with Crippen LogP contribution in [0, 0.1) is 0 Å². The van der Waals surface area contributed by atoms with Crippen LogP contribution in [-0.2, 0) is 14.3 Å². The van der Waals surface area contributed by atoms with E-state index in [1.54, 1.807) is 24.3 Å². The Morgan fingerprint density at radius 1 is 1.06 bits per heavy atom. The van der Waals surface area contributed by atoms with E-state index in [1.807, 2.05) is 13.8 Å². The number of carbonyl (C=O) groups is 2. The lowest BCUT2D eigenvalue weighted by atomic mass is 9.95. The number of pyridine rings is 1. The molecular formula is C24H28N2O7. The molecule has 1 N–H and O–H groups in total. The molecule has 33 heavy (non-hydrogen) atoms. The minimum Gasteiger partial charge on any atom is -0.507 e. The fraction of sp³-hybridized carbons (Fsp3) is 0.375. The van der Waals surface area contributed by atoms with Crippen molar-refractivity contribution in [2.75, 3.05) is 34.5 Å². The number of amides is 1. The summed E-state index contributed by atoms with van der Waals surface area (Å²) >= 11 is 0. The van der Waals surface area contributed by atoms with E-state index >= 15 is 0 Å². The number of Topliss-reactive ketones (excluding diaryl/α,β-unsaturated/α-hetero) is 1. The second-order valence-electron chi connectivity index (χ2n) is 7.61. The summed E-state index contributed by atoms with van der Waals surface area (Å²) in [6.45, 7) is 4.14. The first kappa shape index (κ1) is 24.1. The van der Waals surface area contributed by atoms with Crippen LogP contribution in [0.25, 0.3) is 5.76 Å². The summed E-state index contributed by atoms with van der Waals surface area (Å²) < 4.78 is 21.9. The van der Waals surface area contributed by atoms with E-state index in [9.17, 15) is 14.7 Å². The smallest absolute Gasteiger partial charge is 0.295 e. The second kappa shape index (κ2) is 10.4. The van der Waals surface area contributed by atoms with E-state index in [1.165, 1.54) is 38.6 Å². The summed E-state index contributed by atoms with van der Waals surface area (Å²) in [5, 5.41) is 11.1. The average Bonchev–Trinajstić information content (AvgIpc) is 3.07. The van der Waals surface area contributed by atoms with Crippen LogP contribution in [0.15, 0.2) is 42.2 Å². The number of aromatic nitrogens is 1. The van der Waals surface area contributed by atoms with E-state index in [4.69, 9.17) is 18.9 Å². The van der Waals surface area contributed by atoms with Gasteiger partial charge in [0.25, 0.3) is 11.7 Å². The minimum atomic E-state index is -0.886. The zero-order chi connectivity index (χ0) is 24.1. The molecule has 1 atom stereocenters. The van der Waals surface area contributed by atoms with Gasteiger partial charge in [-0.15, -0.1) is 0 Å². The van der Waals surface area contributed by atoms with E-state index < -0.39 is 17.7 Å². The molecule has 0 bridgehead atoms. The van der Waals surface area contributed by atoms with Crippen molar-refractivity contribution in [3.8, 4) is 17.2 Å². The molecule has 3 rings (SSSR count). The van der Waals surface area contributed by atoms with Gasteiger partial charge in [-0.05, 0) is 43.7 Å². The Kier molecular flexibility index (Phi) is 7.55. The molecule has 1 aliphatic heterocycles. The lowest BCUT2D eigenvalue weighted by molar-refractivity contribution is -0.140. The van der Waals surface area contributed by atoms with Crippen molar-refractivity contribution < 1.29 is 33.6 Å². The van der Waals surface area contributed by atoms with Crippen LogP contribution < -0.4 is 14.2 Å². The number of aliphatic hydroxyl groups is 1. The van der Waals surface area contributed by atoms with Crippen molar-refractivity contribution in [1.29, 1.82) is 0 Å². The number of methoxy groups -OCH3 is 3. The summed E-state index contributed by atoms with van der Waals surface area (Å²) in [6, 6.07) is 5.57. The SMILES string of the molecule is COc1cc(C2/C(=C(\O)c3ccncc3)C(=O)C(=O)N2CCOC(C)C)cc(OC)c1OC. The van der Waals surface area contributed by atoms with Gasteiger partial charge in [-0.1, -0.05) is 0 Å². The van der Waals surface area contributed by atoms with E-state index in [0.29, 0.717) is 28.4 Å². The summed E-state index contributed by atoms with van der Waals surface area (Å²) in [5.74, 6) is -0.705. The third-order valence-corrected chi connectivity index (χ3v) is 5.28. The van der Waals surface area contributed by atoms with E-state index in [0.717, 1.165) is 0 Å². The van der Waals surface area contributed by atoms with Crippen molar-refractivity contribution in [3.05, 3.63) is 53.4 Å². The number of likely N-dealkylation sites (tertiary alicyclic amines) is 1. The molecule has 9 heteroatoms. The van der Waals surface area contributed by atoms with Crippen molar-refractivity contribution in [2.24, 2.45) is 0 Å². The molecule has 0 spiro atoms. The van der Waals surface area contributed by atoms with Gasteiger partial charge >= 0.3 is 0 Å². The Balaban J connectivity index is 2.20. The van der Waals surface area contributed by atoms with Crippen molar-refractivity contribution >= 4 is 17.4 Å². The molecule has 1 aromatic carbocycles. The summed E-state index contributed by atoms with van der Waals surface area (Å²) in [7, 11) is 4.44. The first-order valence-corrected chi connectivity index (χ1v) is 10.4. The van der Waals surface area contributed by atoms with Gasteiger partial charge < -0.3 is 29.0 Å². The molecule has 2 heterocycles. The first-order chi connectivity index (χ1) is 15.8. The van der Waals surface area contributed by atoms with Crippen LogP contribution in [-0.4, -0.2) is 67.3 Å². The Labute approximate surface area is 192 Å². The predicted octanol–water partition coefficient (Wildman–Crippen LogP) is 2.95. The molecule has 1 saturated heterocycles. The molecule has 9 nitrogen and oxygen atoms in total. The van der Waals surface area contributed by atoms with Crippen LogP contribution in [0.1, 0.15) is 31.0 Å². The van der Waals surface area contributed by atoms with Crippen LogP contribution in [0.5, 0.6) is 17.2 Å². The number of hydrogen-bond acceptors (Lipinski definition) is 8. The molecule has 2 aromatic rings. The van der Waals surface area contributed by atoms with Crippen molar-refractivity contribution in [1.82, 2.24) is 9.88 Å². The summed E-state index contributed by atoms with van der Waals surface area (Å²) in [6.07, 6.45) is 2.95. The van der Waals surface area contributed by atoms with Crippen molar-refractivity contribution in [2.45, 2.75) is 26.0 Å². The zero-order valence-electron chi connectivity index (χ0n) is 19.3. The molecule has 0 aliphatic carbocycles. The van der Waals surface area contributed by atoms with Gasteiger partial charge in [0.2, 0.25) is 5.75 Å². The van der Waals surface area contributed by atoms with Gasteiger partial charge in [0.05, 0.1) is 45.7 Å². The van der Waals surface area contributed by atoms with Gasteiger partial charge in [0.1, 0.15) is 5.76 Å². The molecule has 1 unspecified atom stereocenters. The fourth-order valence-electron chi connectivity index (χ4n) is 3.77. The molecular weight excluding hydrogens is 428 g/mol. The number of carbonyl (C=O) groups excluding carboxylic acids is 2. The van der Waals surface area contributed by atoms with Crippen LogP contribution in [0.4, 0.5) is 0 Å². The highest BCUT2D eigenvalue weighted by Gasteiger charge is 2.46. The fourth-order valence-corrected chi connectivity index (χ4v) is 3.77. The molecule has 0 saturated carbocycles. The Bertz CT molecular complexity index is 1030. The zero-order valence-corrected chi connectivity index (χ0v) is 19.3. The lowest BCUT2D eigenvalue weighted by Crippen LogP contribution is -2.33. The van der Waals surface area contributed by atoms with Gasteiger partial charge in [-0.2, -0.15) is 0 Å². The number of benzene rings is 1. The third kappa shape index (κ3) is 4.78. The maximum atomic E-state index is 13.1. The number of rotatable bonds is 9. The van der Waals surface area contributed by atoms with Gasteiger partial charge in [-0.25, -0.2) is 0 Å². The number of hydrogen-bond donors (Lipinski definition) is 1. The standard InChI is InChI=1S/C24H28N2O7/c1-14(2)33-11-10-26-20(16-12-17(30-3)23(32-5)18(13-16)31-4)19(22(28)24(26)29)21(27)15-6-8-25-9-7-15/h6-9,12-14,20,27H,10-11H2,1-5H3/b21-19+. The highest BCUT2D eigenvalue weighted by molar-refractivity contribution is 6.46. The summed E-state index contributed by atoms with van der Waals surface area (Å²) in [4.78, 5) is 31.4. The van der Waals surface area contributed by atoms with Crippen LogP contribution in [0.3, 0.4) is 0 Å².